The van der Waals surface area contributed by atoms with Gasteiger partial charge in [0.25, 0.3) is 5.56 Å². The number of sulfone groups is 1. The van der Waals surface area contributed by atoms with Gasteiger partial charge >= 0.3 is 0 Å². The van der Waals surface area contributed by atoms with E-state index in [0.29, 0.717) is 17.3 Å². The molecule has 106 valence electrons. The zero-order valence-corrected chi connectivity index (χ0v) is 12.1. The van der Waals surface area contributed by atoms with Crippen molar-refractivity contribution in [2.45, 2.75) is 36.3 Å². The standard InChI is InChI=1S/C11H16N2O4S2/c1-2-3-7-4-10(15)13-11(12-7)18-9-6-19(16,17)5-8(9)14/h4,8-9,14H,2-3,5-6H2,1H3,(H,12,13,15). The second-order valence-corrected chi connectivity index (χ2v) is 7.97. The molecule has 1 saturated heterocycles. The highest BCUT2D eigenvalue weighted by Gasteiger charge is 2.37. The molecule has 6 nitrogen and oxygen atoms in total. The Balaban J connectivity index is 2.17. The first kappa shape index (κ1) is 14.5. The van der Waals surface area contributed by atoms with Gasteiger partial charge in [0.2, 0.25) is 0 Å². The summed E-state index contributed by atoms with van der Waals surface area (Å²) in [6.07, 6.45) is 0.666. The van der Waals surface area contributed by atoms with Crippen molar-refractivity contribution in [3.8, 4) is 0 Å². The molecule has 8 heteroatoms. The molecule has 0 aliphatic carbocycles. The van der Waals surface area contributed by atoms with Crippen LogP contribution < -0.4 is 5.56 Å². The van der Waals surface area contributed by atoms with Gasteiger partial charge in [-0.1, -0.05) is 25.1 Å². The van der Waals surface area contributed by atoms with Gasteiger partial charge in [0, 0.05) is 11.8 Å². The van der Waals surface area contributed by atoms with E-state index in [1.165, 1.54) is 6.07 Å². The van der Waals surface area contributed by atoms with E-state index >= 15 is 0 Å². The topological polar surface area (TPSA) is 100 Å². The van der Waals surface area contributed by atoms with Crippen LogP contribution in [0, 0.1) is 0 Å². The summed E-state index contributed by atoms with van der Waals surface area (Å²) in [5.41, 5.74) is 0.431. The molecule has 0 bridgehead atoms. The quantitative estimate of drug-likeness (QED) is 0.758. The average Bonchev–Trinajstić information content (AvgIpc) is 2.51. The number of aromatic amines is 1. The number of hydrogen-bond donors (Lipinski definition) is 2. The van der Waals surface area contributed by atoms with Crippen LogP contribution in [-0.2, 0) is 16.3 Å². The van der Waals surface area contributed by atoms with Gasteiger partial charge in [-0.25, -0.2) is 13.4 Å². The highest BCUT2D eigenvalue weighted by molar-refractivity contribution is 8.01. The first-order valence-corrected chi connectivity index (χ1v) is 8.75. The minimum atomic E-state index is -3.19. The summed E-state index contributed by atoms with van der Waals surface area (Å²) in [7, 11) is -3.19. The number of nitrogens with one attached hydrogen (secondary N) is 1. The first-order valence-electron chi connectivity index (χ1n) is 6.05. The molecule has 2 heterocycles. The molecule has 2 unspecified atom stereocenters. The Morgan fingerprint density at radius 1 is 1.53 bits per heavy atom. The van der Waals surface area contributed by atoms with Crippen molar-refractivity contribution in [3.63, 3.8) is 0 Å². The van der Waals surface area contributed by atoms with Crippen molar-refractivity contribution in [1.29, 1.82) is 0 Å². The Hall–Kier alpha value is -0.860. The number of aromatic nitrogens is 2. The van der Waals surface area contributed by atoms with Crippen molar-refractivity contribution in [2.75, 3.05) is 11.5 Å². The van der Waals surface area contributed by atoms with E-state index in [9.17, 15) is 18.3 Å². The maximum absolute atomic E-state index is 11.5. The molecule has 1 aromatic heterocycles. The van der Waals surface area contributed by atoms with E-state index < -0.39 is 21.2 Å². The first-order chi connectivity index (χ1) is 8.89. The predicted octanol–water partition coefficient (Wildman–Crippen LogP) is -0.0276. The van der Waals surface area contributed by atoms with Gasteiger partial charge in [0.1, 0.15) is 0 Å². The summed E-state index contributed by atoms with van der Waals surface area (Å²) < 4.78 is 22.8. The van der Waals surface area contributed by atoms with E-state index in [-0.39, 0.29) is 17.1 Å². The number of aliphatic hydroxyl groups excluding tert-OH is 1. The van der Waals surface area contributed by atoms with Crippen molar-refractivity contribution < 1.29 is 13.5 Å². The van der Waals surface area contributed by atoms with Crippen LogP contribution in [0.2, 0.25) is 0 Å². The average molecular weight is 304 g/mol. The lowest BCUT2D eigenvalue weighted by atomic mass is 10.2. The fraction of sp³-hybridized carbons (Fsp3) is 0.636. The minimum Gasteiger partial charge on any atom is -0.391 e. The number of aliphatic hydroxyl groups is 1. The van der Waals surface area contributed by atoms with Gasteiger partial charge in [-0.05, 0) is 6.42 Å². The maximum atomic E-state index is 11.5. The third-order valence-electron chi connectivity index (χ3n) is 2.81. The van der Waals surface area contributed by atoms with Gasteiger partial charge in [-0.3, -0.25) is 4.79 Å². The molecule has 0 amide bonds. The monoisotopic (exact) mass is 304 g/mol. The molecule has 0 spiro atoms. The molecule has 0 aromatic carbocycles. The van der Waals surface area contributed by atoms with Crippen LogP contribution in [0.4, 0.5) is 0 Å². The smallest absolute Gasteiger partial charge is 0.251 e. The van der Waals surface area contributed by atoms with Crippen molar-refractivity contribution in [2.24, 2.45) is 0 Å². The second-order valence-electron chi connectivity index (χ2n) is 4.59. The number of rotatable bonds is 4. The molecule has 1 aromatic rings. The summed E-state index contributed by atoms with van der Waals surface area (Å²) >= 11 is 1.12. The Bertz CT molecular complexity index is 611. The van der Waals surface area contributed by atoms with E-state index in [1.807, 2.05) is 6.92 Å². The van der Waals surface area contributed by atoms with Crippen molar-refractivity contribution in [1.82, 2.24) is 9.97 Å². The fourth-order valence-corrected chi connectivity index (χ4v) is 5.47. The normalized spacial score (nSPS) is 25.6. The van der Waals surface area contributed by atoms with Crippen molar-refractivity contribution in [3.05, 3.63) is 22.1 Å². The maximum Gasteiger partial charge on any atom is 0.251 e. The lowest BCUT2D eigenvalue weighted by molar-refractivity contribution is 0.207. The molecular formula is C11H16N2O4S2. The second kappa shape index (κ2) is 5.64. The molecule has 19 heavy (non-hydrogen) atoms. The van der Waals surface area contributed by atoms with Gasteiger partial charge in [-0.15, -0.1) is 0 Å². The van der Waals surface area contributed by atoms with Crippen LogP contribution in [0.3, 0.4) is 0 Å². The highest BCUT2D eigenvalue weighted by atomic mass is 32.2. The largest absolute Gasteiger partial charge is 0.391 e. The zero-order chi connectivity index (χ0) is 14.0. The van der Waals surface area contributed by atoms with Gasteiger partial charge < -0.3 is 10.1 Å². The Kier molecular flexibility index (Phi) is 4.32. The lowest BCUT2D eigenvalue weighted by Gasteiger charge is -2.11. The lowest BCUT2D eigenvalue weighted by Crippen LogP contribution is -2.21. The Morgan fingerprint density at radius 3 is 2.84 bits per heavy atom. The summed E-state index contributed by atoms with van der Waals surface area (Å²) in [5, 5.41) is 9.61. The minimum absolute atomic E-state index is 0.0828. The number of H-pyrrole nitrogens is 1. The number of thioether (sulfide) groups is 1. The SMILES string of the molecule is CCCc1cc(=O)[nH]c(SC2CS(=O)(=O)CC2O)n1. The fourth-order valence-electron chi connectivity index (χ4n) is 1.98. The Morgan fingerprint density at radius 2 is 2.26 bits per heavy atom. The van der Waals surface area contributed by atoms with E-state index in [0.717, 1.165) is 18.2 Å². The van der Waals surface area contributed by atoms with Crippen LogP contribution in [0.1, 0.15) is 19.0 Å². The van der Waals surface area contributed by atoms with E-state index in [1.54, 1.807) is 0 Å². The highest BCUT2D eigenvalue weighted by Crippen LogP contribution is 2.28. The van der Waals surface area contributed by atoms with Gasteiger partial charge in [0.15, 0.2) is 15.0 Å². The van der Waals surface area contributed by atoms with Crippen LogP contribution in [0.15, 0.2) is 16.0 Å². The number of nitrogens with zero attached hydrogens (tertiary/aromatic N) is 1. The third-order valence-corrected chi connectivity index (χ3v) is 5.94. The third kappa shape index (κ3) is 3.80. The summed E-state index contributed by atoms with van der Waals surface area (Å²) in [4.78, 5) is 18.3. The summed E-state index contributed by atoms with van der Waals surface area (Å²) in [6.45, 7) is 1.99. The van der Waals surface area contributed by atoms with Crippen molar-refractivity contribution >= 4 is 21.6 Å². The zero-order valence-electron chi connectivity index (χ0n) is 10.5. The molecule has 0 radical (unpaired) electrons. The molecule has 2 rings (SSSR count). The van der Waals surface area contributed by atoms with Gasteiger partial charge in [-0.2, -0.15) is 0 Å². The van der Waals surface area contributed by atoms with Crippen LogP contribution in [0.25, 0.3) is 0 Å². The van der Waals surface area contributed by atoms with Crippen LogP contribution >= 0.6 is 11.8 Å². The predicted molar refractivity (Wildman–Crippen MR) is 73.2 cm³/mol. The molecule has 1 fully saturated rings. The van der Waals surface area contributed by atoms with E-state index in [4.69, 9.17) is 0 Å². The van der Waals surface area contributed by atoms with Crippen LogP contribution in [-0.4, -0.2) is 46.4 Å². The summed E-state index contributed by atoms with van der Waals surface area (Å²) in [6, 6.07) is 1.44. The number of aryl methyl sites for hydroxylation is 1. The Labute approximate surface area is 115 Å². The van der Waals surface area contributed by atoms with Gasteiger partial charge in [0.05, 0.1) is 22.9 Å². The molecule has 2 atom stereocenters. The van der Waals surface area contributed by atoms with Crippen LogP contribution in [0.5, 0.6) is 0 Å². The molecule has 1 aliphatic rings. The molecule has 0 saturated carbocycles. The molecule has 1 aliphatic heterocycles. The molecule has 2 N–H and O–H groups in total. The summed E-state index contributed by atoms with van der Waals surface area (Å²) in [5.74, 6) is -0.301. The molecular weight excluding hydrogens is 288 g/mol. The van der Waals surface area contributed by atoms with E-state index in [2.05, 4.69) is 9.97 Å². The number of hydrogen-bond acceptors (Lipinski definition) is 6.